The molecule has 0 heterocycles. The average molecular weight is 400 g/mol. The fourth-order valence-corrected chi connectivity index (χ4v) is 3.14. The van der Waals surface area contributed by atoms with E-state index in [-0.39, 0.29) is 4.83 Å². The summed E-state index contributed by atoms with van der Waals surface area (Å²) in [6.07, 6.45) is 0. The number of halogens is 2. The zero-order chi connectivity index (χ0) is 14.7. The van der Waals surface area contributed by atoms with Gasteiger partial charge >= 0.3 is 0 Å². The number of ether oxygens (including phenoxy) is 2. The number of alkyl halides is 1. The molecule has 2 aromatic carbocycles. The topological polar surface area (TPSA) is 18.5 Å². The maximum atomic E-state index is 5.46. The highest BCUT2D eigenvalue weighted by molar-refractivity contribution is 9.10. The van der Waals surface area contributed by atoms with E-state index in [9.17, 15) is 0 Å². The van der Waals surface area contributed by atoms with Crippen molar-refractivity contribution < 1.29 is 9.47 Å². The second kappa shape index (κ2) is 6.64. The van der Waals surface area contributed by atoms with Crippen LogP contribution in [0.4, 0.5) is 0 Å². The SMILES string of the molecule is COc1ccc(C(Br)c2ccc(Br)cc2OC)cc1C. The van der Waals surface area contributed by atoms with Crippen molar-refractivity contribution in [3.05, 3.63) is 57.6 Å². The summed E-state index contributed by atoms with van der Waals surface area (Å²) >= 11 is 7.22. The van der Waals surface area contributed by atoms with Gasteiger partial charge in [0, 0.05) is 10.0 Å². The molecule has 1 atom stereocenters. The summed E-state index contributed by atoms with van der Waals surface area (Å²) < 4.78 is 11.8. The van der Waals surface area contributed by atoms with Crippen LogP contribution in [0.5, 0.6) is 11.5 Å². The highest BCUT2D eigenvalue weighted by Crippen LogP contribution is 2.38. The summed E-state index contributed by atoms with van der Waals surface area (Å²) in [7, 11) is 3.37. The van der Waals surface area contributed by atoms with Gasteiger partial charge < -0.3 is 9.47 Å². The molecule has 0 radical (unpaired) electrons. The minimum absolute atomic E-state index is 0.0788. The van der Waals surface area contributed by atoms with Crippen LogP contribution in [0.1, 0.15) is 21.5 Å². The first kappa shape index (κ1) is 15.4. The summed E-state index contributed by atoms with van der Waals surface area (Å²) in [6.45, 7) is 2.04. The Kier molecular flexibility index (Phi) is 5.11. The third kappa shape index (κ3) is 3.18. The summed E-state index contributed by atoms with van der Waals surface area (Å²) in [5.74, 6) is 1.76. The Bertz CT molecular complexity index is 611. The first-order valence-corrected chi connectivity index (χ1v) is 7.89. The van der Waals surface area contributed by atoms with Crippen molar-refractivity contribution in [2.24, 2.45) is 0 Å². The van der Waals surface area contributed by atoms with Crippen molar-refractivity contribution in [3.63, 3.8) is 0 Å². The number of hydrogen-bond acceptors (Lipinski definition) is 2. The Hall–Kier alpha value is -1.00. The van der Waals surface area contributed by atoms with E-state index in [0.29, 0.717) is 0 Å². The average Bonchev–Trinajstić information content (AvgIpc) is 2.46. The number of rotatable bonds is 4. The smallest absolute Gasteiger partial charge is 0.124 e. The van der Waals surface area contributed by atoms with Gasteiger partial charge in [-0.15, -0.1) is 0 Å². The van der Waals surface area contributed by atoms with E-state index in [0.717, 1.165) is 27.1 Å². The van der Waals surface area contributed by atoms with Gasteiger partial charge in [0.05, 0.1) is 19.0 Å². The van der Waals surface area contributed by atoms with Crippen LogP contribution in [-0.2, 0) is 0 Å². The lowest BCUT2D eigenvalue weighted by atomic mass is 10.0. The van der Waals surface area contributed by atoms with Gasteiger partial charge in [-0.25, -0.2) is 0 Å². The summed E-state index contributed by atoms with van der Waals surface area (Å²) in [5.41, 5.74) is 3.38. The van der Waals surface area contributed by atoms with Crippen molar-refractivity contribution in [1.82, 2.24) is 0 Å². The third-order valence-corrected chi connectivity index (χ3v) is 4.70. The highest BCUT2D eigenvalue weighted by Gasteiger charge is 2.16. The van der Waals surface area contributed by atoms with E-state index >= 15 is 0 Å². The van der Waals surface area contributed by atoms with Crippen LogP contribution in [0.2, 0.25) is 0 Å². The molecule has 0 bridgehead atoms. The molecule has 0 aliphatic rings. The molecular weight excluding hydrogens is 384 g/mol. The lowest BCUT2D eigenvalue weighted by Gasteiger charge is -2.16. The molecule has 2 rings (SSSR count). The van der Waals surface area contributed by atoms with Crippen molar-refractivity contribution >= 4 is 31.9 Å². The summed E-state index contributed by atoms with van der Waals surface area (Å²) in [5, 5.41) is 0. The molecular formula is C16H16Br2O2. The van der Waals surface area contributed by atoms with Crippen molar-refractivity contribution in [2.45, 2.75) is 11.8 Å². The molecule has 1 unspecified atom stereocenters. The number of benzene rings is 2. The van der Waals surface area contributed by atoms with Crippen LogP contribution in [0, 0.1) is 6.92 Å². The maximum absolute atomic E-state index is 5.46. The van der Waals surface area contributed by atoms with Gasteiger partial charge in [0.2, 0.25) is 0 Å². The minimum atomic E-state index is 0.0788. The van der Waals surface area contributed by atoms with Gasteiger partial charge in [-0.05, 0) is 36.2 Å². The first-order chi connectivity index (χ1) is 9.56. The number of methoxy groups -OCH3 is 2. The van der Waals surface area contributed by atoms with Crippen LogP contribution in [-0.4, -0.2) is 14.2 Å². The van der Waals surface area contributed by atoms with E-state index in [2.05, 4.69) is 50.1 Å². The molecule has 2 nitrogen and oxygen atoms in total. The molecule has 0 spiro atoms. The van der Waals surface area contributed by atoms with Crippen molar-refractivity contribution in [3.8, 4) is 11.5 Å². The fourth-order valence-electron chi connectivity index (χ4n) is 2.13. The Labute approximate surface area is 136 Å². The van der Waals surface area contributed by atoms with Crippen LogP contribution < -0.4 is 9.47 Å². The Balaban J connectivity index is 2.40. The minimum Gasteiger partial charge on any atom is -0.496 e. The normalized spacial score (nSPS) is 12.1. The molecule has 20 heavy (non-hydrogen) atoms. The van der Waals surface area contributed by atoms with Crippen molar-refractivity contribution in [1.29, 1.82) is 0 Å². The molecule has 0 amide bonds. The Morgan fingerprint density at radius 1 is 0.950 bits per heavy atom. The standard InChI is InChI=1S/C16H16Br2O2/c1-10-8-11(4-7-14(10)19-2)16(18)13-6-5-12(17)9-15(13)20-3/h4-9,16H,1-3H3. The van der Waals surface area contributed by atoms with E-state index in [1.807, 2.05) is 25.1 Å². The molecule has 2 aromatic rings. The third-order valence-electron chi connectivity index (χ3n) is 3.18. The van der Waals surface area contributed by atoms with E-state index < -0.39 is 0 Å². The quantitative estimate of drug-likeness (QED) is 0.653. The second-order valence-electron chi connectivity index (χ2n) is 4.48. The Morgan fingerprint density at radius 3 is 2.25 bits per heavy atom. The number of hydrogen-bond donors (Lipinski definition) is 0. The molecule has 0 fully saturated rings. The second-order valence-corrected chi connectivity index (χ2v) is 6.31. The van der Waals surface area contributed by atoms with Gasteiger partial charge in [-0.1, -0.05) is 50.1 Å². The Morgan fingerprint density at radius 2 is 1.65 bits per heavy atom. The van der Waals surface area contributed by atoms with E-state index in [1.54, 1.807) is 14.2 Å². The molecule has 0 N–H and O–H groups in total. The molecule has 0 saturated carbocycles. The summed E-state index contributed by atoms with van der Waals surface area (Å²) in [6, 6.07) is 12.2. The summed E-state index contributed by atoms with van der Waals surface area (Å²) in [4.78, 5) is 0.0788. The molecule has 4 heteroatoms. The zero-order valence-electron chi connectivity index (χ0n) is 11.6. The van der Waals surface area contributed by atoms with Gasteiger partial charge in [-0.2, -0.15) is 0 Å². The van der Waals surface area contributed by atoms with E-state index in [1.165, 1.54) is 5.56 Å². The van der Waals surface area contributed by atoms with E-state index in [4.69, 9.17) is 9.47 Å². The van der Waals surface area contributed by atoms with Crippen LogP contribution in [0.25, 0.3) is 0 Å². The highest BCUT2D eigenvalue weighted by atomic mass is 79.9. The molecule has 0 aliphatic heterocycles. The van der Waals surface area contributed by atoms with Gasteiger partial charge in [-0.3, -0.25) is 0 Å². The molecule has 0 aliphatic carbocycles. The number of aryl methyl sites for hydroxylation is 1. The zero-order valence-corrected chi connectivity index (χ0v) is 14.8. The lowest BCUT2D eigenvalue weighted by Crippen LogP contribution is -1.98. The largest absolute Gasteiger partial charge is 0.496 e. The van der Waals surface area contributed by atoms with Crippen LogP contribution in [0.3, 0.4) is 0 Å². The molecule has 0 saturated heterocycles. The predicted molar refractivity (Wildman–Crippen MR) is 89.2 cm³/mol. The van der Waals surface area contributed by atoms with Gasteiger partial charge in [0.1, 0.15) is 11.5 Å². The van der Waals surface area contributed by atoms with Crippen molar-refractivity contribution in [2.75, 3.05) is 14.2 Å². The lowest BCUT2D eigenvalue weighted by molar-refractivity contribution is 0.409. The molecule has 0 aromatic heterocycles. The van der Waals surface area contributed by atoms with Gasteiger partial charge in [0.25, 0.3) is 0 Å². The predicted octanol–water partition coefficient (Wildman–Crippen LogP) is 5.26. The van der Waals surface area contributed by atoms with Crippen LogP contribution >= 0.6 is 31.9 Å². The monoisotopic (exact) mass is 398 g/mol. The first-order valence-electron chi connectivity index (χ1n) is 6.19. The van der Waals surface area contributed by atoms with Gasteiger partial charge in [0.15, 0.2) is 0 Å². The van der Waals surface area contributed by atoms with Crippen LogP contribution in [0.15, 0.2) is 40.9 Å². The maximum Gasteiger partial charge on any atom is 0.124 e. The molecule has 106 valence electrons. The fraction of sp³-hybridized carbons (Fsp3) is 0.250.